The van der Waals surface area contributed by atoms with Gasteiger partial charge in [0.2, 0.25) is 0 Å². The van der Waals surface area contributed by atoms with Crippen LogP contribution in [-0.4, -0.2) is 32.3 Å². The number of rotatable bonds is 10. The summed E-state index contributed by atoms with van der Waals surface area (Å²) in [6, 6.07) is 10.4. The molecule has 0 spiro atoms. The number of nitrogens with two attached hydrogens (primary N) is 1. The number of nitrogens with one attached hydrogen (secondary N) is 1. The Bertz CT molecular complexity index is 435. The van der Waals surface area contributed by atoms with Crippen molar-refractivity contribution in [3.05, 3.63) is 48.0 Å². The Hall–Kier alpha value is -1.08. The van der Waals surface area contributed by atoms with Gasteiger partial charge in [-0.3, -0.25) is 0 Å². The van der Waals surface area contributed by atoms with Gasteiger partial charge < -0.3 is 15.8 Å². The summed E-state index contributed by atoms with van der Waals surface area (Å²) in [6.07, 6.45) is 3.02. The molecule has 1 rings (SSSR count). The van der Waals surface area contributed by atoms with E-state index in [1.165, 1.54) is 5.56 Å². The van der Waals surface area contributed by atoms with Gasteiger partial charge in [0.15, 0.2) is 5.96 Å². The molecule has 0 saturated heterocycles. The third-order valence-corrected chi connectivity index (χ3v) is 2.92. The van der Waals surface area contributed by atoms with Crippen LogP contribution in [0.5, 0.6) is 0 Å². The zero-order valence-corrected chi connectivity index (χ0v) is 15.7. The molecule has 0 unspecified atom stereocenters. The maximum absolute atomic E-state index is 5.72. The Morgan fingerprint density at radius 2 is 1.95 bits per heavy atom. The van der Waals surface area contributed by atoms with Gasteiger partial charge in [-0.05, 0) is 31.7 Å². The van der Waals surface area contributed by atoms with Crippen LogP contribution in [-0.2, 0) is 11.2 Å². The molecule has 0 heterocycles. The van der Waals surface area contributed by atoms with Crippen molar-refractivity contribution in [3.8, 4) is 0 Å². The summed E-state index contributed by atoms with van der Waals surface area (Å²) in [5.41, 5.74) is 8.04. The monoisotopic (exact) mass is 417 g/mol. The highest BCUT2D eigenvalue weighted by Gasteiger charge is 1.94. The highest BCUT2D eigenvalue weighted by Crippen LogP contribution is 2.00. The largest absolute Gasteiger partial charge is 0.381 e. The maximum atomic E-state index is 5.72. The molecule has 0 aliphatic rings. The number of unbranched alkanes of at least 4 members (excludes halogenated alkanes) is 1. The topological polar surface area (TPSA) is 59.6 Å². The minimum atomic E-state index is 0. The van der Waals surface area contributed by atoms with Gasteiger partial charge in [-0.25, -0.2) is 4.99 Å². The molecule has 0 aliphatic heterocycles. The first-order valence-electron chi connectivity index (χ1n) is 7.48. The molecule has 0 amide bonds. The van der Waals surface area contributed by atoms with Crippen molar-refractivity contribution >= 4 is 29.9 Å². The molecule has 0 aromatic heterocycles. The van der Waals surface area contributed by atoms with Gasteiger partial charge >= 0.3 is 0 Å². The number of hydrogen-bond acceptors (Lipinski definition) is 2. The second-order valence-electron chi connectivity index (χ2n) is 5.14. The fraction of sp³-hybridized carbons (Fsp3) is 0.471. The molecule has 0 radical (unpaired) electrons. The van der Waals surface area contributed by atoms with E-state index in [9.17, 15) is 0 Å². The van der Waals surface area contributed by atoms with Gasteiger partial charge in [-0.2, -0.15) is 0 Å². The van der Waals surface area contributed by atoms with Crippen LogP contribution < -0.4 is 11.1 Å². The normalized spacial score (nSPS) is 10.9. The van der Waals surface area contributed by atoms with Crippen molar-refractivity contribution in [3.63, 3.8) is 0 Å². The van der Waals surface area contributed by atoms with Crippen LogP contribution in [0.1, 0.15) is 25.3 Å². The molecule has 124 valence electrons. The van der Waals surface area contributed by atoms with Crippen LogP contribution in [0, 0.1) is 0 Å². The summed E-state index contributed by atoms with van der Waals surface area (Å²) in [6.45, 7) is 8.69. The Morgan fingerprint density at radius 3 is 2.64 bits per heavy atom. The van der Waals surface area contributed by atoms with Crippen LogP contribution >= 0.6 is 24.0 Å². The number of guanidine groups is 1. The van der Waals surface area contributed by atoms with Crippen molar-refractivity contribution in [1.29, 1.82) is 0 Å². The third-order valence-electron chi connectivity index (χ3n) is 2.92. The van der Waals surface area contributed by atoms with Gasteiger partial charge in [0.05, 0.1) is 13.2 Å². The minimum absolute atomic E-state index is 0. The minimum Gasteiger partial charge on any atom is -0.381 e. The fourth-order valence-electron chi connectivity index (χ4n) is 1.76. The molecule has 0 fully saturated rings. The average Bonchev–Trinajstić information content (AvgIpc) is 2.49. The van der Waals surface area contributed by atoms with Gasteiger partial charge in [-0.1, -0.05) is 42.5 Å². The fourth-order valence-corrected chi connectivity index (χ4v) is 1.76. The number of benzene rings is 1. The standard InChI is InChI=1S/C17H27N3O.HI/c1-15(2)14-20-17(18)19-11-6-7-12-21-13-10-16-8-4-3-5-9-16;/h3-5,8-9H,1,6-7,10-14H2,2H3,(H3,18,19,20);1H. The Morgan fingerprint density at radius 1 is 1.23 bits per heavy atom. The summed E-state index contributed by atoms with van der Waals surface area (Å²) in [5, 5.41) is 3.09. The first kappa shape index (κ1) is 20.9. The van der Waals surface area contributed by atoms with Crippen molar-refractivity contribution in [2.45, 2.75) is 26.2 Å². The first-order chi connectivity index (χ1) is 10.2. The number of aliphatic imine (C=N–C) groups is 1. The van der Waals surface area contributed by atoms with E-state index in [1.807, 2.05) is 13.0 Å². The predicted molar refractivity (Wildman–Crippen MR) is 105 cm³/mol. The van der Waals surface area contributed by atoms with E-state index >= 15 is 0 Å². The van der Waals surface area contributed by atoms with E-state index in [4.69, 9.17) is 10.5 Å². The van der Waals surface area contributed by atoms with Crippen molar-refractivity contribution in [1.82, 2.24) is 5.32 Å². The summed E-state index contributed by atoms with van der Waals surface area (Å²) >= 11 is 0. The molecule has 1 aromatic carbocycles. The maximum Gasteiger partial charge on any atom is 0.188 e. The molecular formula is C17H28IN3O. The Balaban J connectivity index is 0.00000441. The SMILES string of the molecule is C=C(C)CN=C(N)NCCCCOCCc1ccccc1.I. The number of nitrogens with zero attached hydrogens (tertiary/aromatic N) is 1. The Labute approximate surface area is 151 Å². The lowest BCUT2D eigenvalue weighted by Crippen LogP contribution is -2.32. The lowest BCUT2D eigenvalue weighted by Gasteiger charge is -2.06. The number of hydrogen-bond donors (Lipinski definition) is 2. The Kier molecular flexibility index (Phi) is 12.9. The molecule has 4 nitrogen and oxygen atoms in total. The molecule has 22 heavy (non-hydrogen) atoms. The third kappa shape index (κ3) is 11.6. The van der Waals surface area contributed by atoms with E-state index in [0.717, 1.165) is 44.6 Å². The van der Waals surface area contributed by atoms with Crippen LogP contribution in [0.2, 0.25) is 0 Å². The second-order valence-corrected chi connectivity index (χ2v) is 5.14. The highest BCUT2D eigenvalue weighted by atomic mass is 127. The summed E-state index contributed by atoms with van der Waals surface area (Å²) < 4.78 is 5.62. The van der Waals surface area contributed by atoms with E-state index in [-0.39, 0.29) is 24.0 Å². The van der Waals surface area contributed by atoms with Gasteiger partial charge in [-0.15, -0.1) is 24.0 Å². The van der Waals surface area contributed by atoms with Crippen LogP contribution in [0.15, 0.2) is 47.5 Å². The smallest absolute Gasteiger partial charge is 0.188 e. The molecule has 0 atom stereocenters. The quantitative estimate of drug-likeness (QED) is 0.202. The van der Waals surface area contributed by atoms with Gasteiger partial charge in [0.1, 0.15) is 0 Å². The molecule has 3 N–H and O–H groups in total. The van der Waals surface area contributed by atoms with Crippen molar-refractivity contribution in [2.24, 2.45) is 10.7 Å². The number of halogens is 1. The number of ether oxygens (including phenoxy) is 1. The zero-order valence-electron chi connectivity index (χ0n) is 13.4. The predicted octanol–water partition coefficient (Wildman–Crippen LogP) is 3.12. The van der Waals surface area contributed by atoms with Crippen LogP contribution in [0.3, 0.4) is 0 Å². The first-order valence-corrected chi connectivity index (χ1v) is 7.48. The lowest BCUT2D eigenvalue weighted by atomic mass is 10.2. The van der Waals surface area contributed by atoms with Crippen molar-refractivity contribution < 1.29 is 4.74 Å². The van der Waals surface area contributed by atoms with Crippen molar-refractivity contribution in [2.75, 3.05) is 26.3 Å². The van der Waals surface area contributed by atoms with E-state index in [2.05, 4.69) is 41.2 Å². The molecule has 1 aromatic rings. The average molecular weight is 417 g/mol. The lowest BCUT2D eigenvalue weighted by molar-refractivity contribution is 0.133. The van der Waals surface area contributed by atoms with E-state index in [0.29, 0.717) is 12.5 Å². The second kappa shape index (κ2) is 13.6. The molecular weight excluding hydrogens is 389 g/mol. The zero-order chi connectivity index (χ0) is 15.3. The summed E-state index contributed by atoms with van der Waals surface area (Å²) in [4.78, 5) is 4.16. The highest BCUT2D eigenvalue weighted by molar-refractivity contribution is 14.0. The van der Waals surface area contributed by atoms with Crippen LogP contribution in [0.4, 0.5) is 0 Å². The summed E-state index contributed by atoms with van der Waals surface area (Å²) in [7, 11) is 0. The molecule has 0 saturated carbocycles. The van der Waals surface area contributed by atoms with Gasteiger partial charge in [0, 0.05) is 13.2 Å². The summed E-state index contributed by atoms with van der Waals surface area (Å²) in [5.74, 6) is 0.489. The van der Waals surface area contributed by atoms with Crippen LogP contribution in [0.25, 0.3) is 0 Å². The van der Waals surface area contributed by atoms with E-state index in [1.54, 1.807) is 0 Å². The molecule has 0 bridgehead atoms. The van der Waals surface area contributed by atoms with E-state index < -0.39 is 0 Å². The van der Waals surface area contributed by atoms with Gasteiger partial charge in [0.25, 0.3) is 0 Å². The molecule has 0 aliphatic carbocycles. The molecule has 5 heteroatoms.